The number of ether oxygens (including phenoxy) is 1. The molecule has 0 aromatic carbocycles. The minimum atomic E-state index is -0.317. The van der Waals surface area contributed by atoms with Crippen molar-refractivity contribution in [1.82, 2.24) is 4.98 Å². The maximum atomic E-state index is 10.9. The zero-order valence-corrected chi connectivity index (χ0v) is 9.58. The van der Waals surface area contributed by atoms with E-state index >= 15 is 0 Å². The molecule has 0 aliphatic carbocycles. The van der Waals surface area contributed by atoms with Gasteiger partial charge in [0.25, 0.3) is 0 Å². The van der Waals surface area contributed by atoms with Crippen molar-refractivity contribution in [2.45, 2.75) is 13.8 Å². The van der Waals surface area contributed by atoms with Crippen molar-refractivity contribution >= 4 is 23.4 Å². The molecule has 0 saturated carbocycles. The number of hydrogen-bond donors (Lipinski definition) is 0. The van der Waals surface area contributed by atoms with E-state index in [1.807, 2.05) is 13.0 Å². The summed E-state index contributed by atoms with van der Waals surface area (Å²) in [6, 6.07) is 0. The van der Waals surface area contributed by atoms with E-state index in [-0.39, 0.29) is 5.97 Å². The molecule has 80 valence electrons. The van der Waals surface area contributed by atoms with Crippen LogP contribution >= 0.6 is 11.3 Å². The monoisotopic (exact) mass is 223 g/mol. The van der Waals surface area contributed by atoms with Gasteiger partial charge in [-0.15, -0.1) is 11.3 Å². The van der Waals surface area contributed by atoms with Crippen molar-refractivity contribution in [1.29, 1.82) is 0 Å². The lowest BCUT2D eigenvalue weighted by molar-refractivity contribution is -0.137. The zero-order valence-electron chi connectivity index (χ0n) is 8.77. The Labute approximate surface area is 93.1 Å². The van der Waals surface area contributed by atoms with Crippen LogP contribution in [-0.2, 0) is 9.53 Å². The Bertz CT molecular complexity index is 380. The summed E-state index contributed by atoms with van der Waals surface area (Å²) >= 11 is 1.61. The van der Waals surface area contributed by atoms with Gasteiger partial charge in [-0.2, -0.15) is 0 Å². The third-order valence-electron chi connectivity index (χ3n) is 1.53. The van der Waals surface area contributed by atoms with Crippen LogP contribution in [0, 0.1) is 6.92 Å². The minimum absolute atomic E-state index is 0.317. The largest absolute Gasteiger partial charge is 0.463 e. The van der Waals surface area contributed by atoms with Gasteiger partial charge in [0, 0.05) is 17.2 Å². The van der Waals surface area contributed by atoms with Gasteiger partial charge < -0.3 is 4.74 Å². The molecule has 0 saturated heterocycles. The maximum Gasteiger partial charge on any atom is 0.330 e. The number of rotatable bonds is 4. The molecule has 0 unspecified atom stereocenters. The summed E-state index contributed by atoms with van der Waals surface area (Å²) in [5, 5.41) is 1.03. The number of carbonyl (C=O) groups is 1. The second-order valence-electron chi connectivity index (χ2n) is 2.75. The number of aromatic nitrogens is 1. The molecule has 0 N–H and O–H groups in total. The third kappa shape index (κ3) is 4.56. The molecule has 0 radical (unpaired) electrons. The average Bonchev–Trinajstić information content (AvgIpc) is 2.60. The molecule has 3 nitrogen and oxygen atoms in total. The molecule has 0 spiro atoms. The van der Waals surface area contributed by atoms with E-state index in [0.29, 0.717) is 6.61 Å². The number of thiazole rings is 1. The fourth-order valence-corrected chi connectivity index (χ4v) is 1.63. The topological polar surface area (TPSA) is 39.2 Å². The Morgan fingerprint density at radius 3 is 3.00 bits per heavy atom. The van der Waals surface area contributed by atoms with Gasteiger partial charge in [0.2, 0.25) is 0 Å². The lowest BCUT2D eigenvalue weighted by Gasteiger charge is -1.92. The van der Waals surface area contributed by atoms with Crippen molar-refractivity contribution in [3.63, 3.8) is 0 Å². The van der Waals surface area contributed by atoms with Crippen LogP contribution in [0.1, 0.15) is 16.8 Å². The van der Waals surface area contributed by atoms with Gasteiger partial charge in [-0.1, -0.05) is 12.2 Å². The van der Waals surface area contributed by atoms with E-state index in [1.165, 1.54) is 6.08 Å². The van der Waals surface area contributed by atoms with Crippen molar-refractivity contribution in [3.05, 3.63) is 34.3 Å². The van der Waals surface area contributed by atoms with Crippen LogP contribution in [0.15, 0.2) is 24.4 Å². The van der Waals surface area contributed by atoms with Gasteiger partial charge >= 0.3 is 5.97 Å². The van der Waals surface area contributed by atoms with Gasteiger partial charge in [-0.3, -0.25) is 0 Å². The summed E-state index contributed by atoms with van der Waals surface area (Å²) in [7, 11) is 0. The van der Waals surface area contributed by atoms with Crippen molar-refractivity contribution in [2.75, 3.05) is 6.61 Å². The lowest BCUT2D eigenvalue weighted by atomic mass is 10.4. The molecule has 1 aromatic heterocycles. The van der Waals surface area contributed by atoms with Crippen LogP contribution in [0.2, 0.25) is 0 Å². The smallest absolute Gasteiger partial charge is 0.330 e. The Balaban J connectivity index is 2.42. The fraction of sp³-hybridized carbons (Fsp3) is 0.273. The number of allylic oxidation sites excluding steroid dienone is 2. The molecular formula is C11H13NO2S. The molecule has 0 atom stereocenters. The predicted octanol–water partition coefficient (Wildman–Crippen LogP) is 2.58. The third-order valence-corrected chi connectivity index (χ3v) is 2.41. The maximum absolute atomic E-state index is 10.9. The Morgan fingerprint density at radius 2 is 2.40 bits per heavy atom. The summed E-state index contributed by atoms with van der Waals surface area (Å²) < 4.78 is 4.73. The molecular weight excluding hydrogens is 210 g/mol. The van der Waals surface area contributed by atoms with Crippen LogP contribution in [0.25, 0.3) is 6.08 Å². The second-order valence-corrected chi connectivity index (χ2v) is 4.02. The molecule has 1 rings (SSSR count). The predicted molar refractivity (Wildman–Crippen MR) is 61.7 cm³/mol. The highest BCUT2D eigenvalue weighted by atomic mass is 32.1. The first-order chi connectivity index (χ1) is 7.22. The van der Waals surface area contributed by atoms with Crippen molar-refractivity contribution in [3.8, 4) is 0 Å². The summed E-state index contributed by atoms with van der Waals surface area (Å²) in [4.78, 5) is 16.1. The molecule has 0 bridgehead atoms. The Kier molecular flexibility index (Phi) is 4.77. The van der Waals surface area contributed by atoms with E-state index in [9.17, 15) is 4.79 Å². The highest BCUT2D eigenvalue weighted by Crippen LogP contribution is 2.12. The number of aryl methyl sites for hydroxylation is 1. The van der Waals surface area contributed by atoms with E-state index in [1.54, 1.807) is 36.6 Å². The minimum Gasteiger partial charge on any atom is -0.463 e. The standard InChI is InChI=1S/C11H13NO2S/c1-3-14-11(13)7-5-4-6-10-8-12-9(2)15-10/h4-8H,3H2,1-2H3. The summed E-state index contributed by atoms with van der Waals surface area (Å²) in [5.41, 5.74) is 0. The normalized spacial score (nSPS) is 11.3. The van der Waals surface area contributed by atoms with Crippen LogP contribution in [-0.4, -0.2) is 17.6 Å². The molecule has 1 heterocycles. The van der Waals surface area contributed by atoms with Crippen LogP contribution in [0.4, 0.5) is 0 Å². The number of nitrogens with zero attached hydrogens (tertiary/aromatic N) is 1. The first kappa shape index (κ1) is 11.7. The van der Waals surface area contributed by atoms with E-state index in [0.717, 1.165) is 9.88 Å². The van der Waals surface area contributed by atoms with Gasteiger partial charge in [-0.05, 0) is 19.9 Å². The van der Waals surface area contributed by atoms with Gasteiger partial charge in [0.1, 0.15) is 0 Å². The van der Waals surface area contributed by atoms with Crippen LogP contribution in [0.3, 0.4) is 0 Å². The summed E-state index contributed by atoms with van der Waals surface area (Å²) in [6.45, 7) is 4.14. The number of hydrogen-bond acceptors (Lipinski definition) is 4. The molecule has 0 aliphatic heterocycles. The molecule has 0 amide bonds. The molecule has 1 aromatic rings. The van der Waals surface area contributed by atoms with Gasteiger partial charge in [-0.25, -0.2) is 9.78 Å². The SMILES string of the molecule is CCOC(=O)C=CC=Cc1cnc(C)s1. The van der Waals surface area contributed by atoms with Crippen molar-refractivity contribution in [2.24, 2.45) is 0 Å². The lowest BCUT2D eigenvalue weighted by Crippen LogP contribution is -1.98. The fourth-order valence-electron chi connectivity index (χ4n) is 0.930. The Hall–Kier alpha value is -1.42. The average molecular weight is 223 g/mol. The van der Waals surface area contributed by atoms with Crippen LogP contribution < -0.4 is 0 Å². The van der Waals surface area contributed by atoms with Crippen molar-refractivity contribution < 1.29 is 9.53 Å². The van der Waals surface area contributed by atoms with E-state index in [4.69, 9.17) is 4.74 Å². The number of carbonyl (C=O) groups excluding carboxylic acids is 1. The quantitative estimate of drug-likeness (QED) is 0.447. The Morgan fingerprint density at radius 1 is 1.60 bits per heavy atom. The molecule has 0 aliphatic rings. The van der Waals surface area contributed by atoms with E-state index in [2.05, 4.69) is 4.98 Å². The highest BCUT2D eigenvalue weighted by Gasteiger charge is 1.92. The van der Waals surface area contributed by atoms with Gasteiger partial charge in [0.15, 0.2) is 0 Å². The molecule has 0 fully saturated rings. The first-order valence-electron chi connectivity index (χ1n) is 4.66. The summed E-state index contributed by atoms with van der Waals surface area (Å²) in [5.74, 6) is -0.317. The highest BCUT2D eigenvalue weighted by molar-refractivity contribution is 7.12. The first-order valence-corrected chi connectivity index (χ1v) is 5.48. The molecule has 15 heavy (non-hydrogen) atoms. The van der Waals surface area contributed by atoms with E-state index < -0.39 is 0 Å². The number of esters is 1. The van der Waals surface area contributed by atoms with Crippen LogP contribution in [0.5, 0.6) is 0 Å². The zero-order chi connectivity index (χ0) is 11.1. The summed E-state index contributed by atoms with van der Waals surface area (Å²) in [6.07, 6.45) is 8.56. The molecule has 4 heteroatoms. The van der Waals surface area contributed by atoms with Gasteiger partial charge in [0.05, 0.1) is 11.6 Å². The second kappa shape index (κ2) is 6.14.